The van der Waals surface area contributed by atoms with Crippen LogP contribution in [-0.4, -0.2) is 25.7 Å². The zero-order chi connectivity index (χ0) is 13.4. The standard InChI is InChI=1S/C14H17F3N2/c15-12-5-11(6-13(16)14(12)17)19-4-3-9(8-19)7-18-10-1-2-10/h5-6,9-10,18H,1-4,7-8H2. The van der Waals surface area contributed by atoms with Gasteiger partial charge in [-0.15, -0.1) is 0 Å². The van der Waals surface area contributed by atoms with Crippen LogP contribution in [-0.2, 0) is 0 Å². The van der Waals surface area contributed by atoms with Crippen molar-refractivity contribution in [3.05, 3.63) is 29.6 Å². The molecule has 5 heteroatoms. The Labute approximate surface area is 110 Å². The fourth-order valence-corrected chi connectivity index (χ4v) is 2.58. The molecule has 1 aliphatic carbocycles. The van der Waals surface area contributed by atoms with E-state index in [1.165, 1.54) is 12.8 Å². The minimum atomic E-state index is -1.39. The molecule has 1 heterocycles. The number of benzene rings is 1. The molecule has 1 saturated carbocycles. The van der Waals surface area contributed by atoms with Gasteiger partial charge in [-0.25, -0.2) is 13.2 Å². The first-order chi connectivity index (χ1) is 9.13. The molecule has 1 saturated heterocycles. The van der Waals surface area contributed by atoms with Crippen LogP contribution in [0.3, 0.4) is 0 Å². The Hall–Kier alpha value is -1.23. The average Bonchev–Trinajstić information content (AvgIpc) is 3.10. The number of nitrogens with zero attached hydrogens (tertiary/aromatic N) is 1. The van der Waals surface area contributed by atoms with Gasteiger partial charge in [-0.2, -0.15) is 0 Å². The number of nitrogens with one attached hydrogen (secondary N) is 1. The average molecular weight is 270 g/mol. The maximum absolute atomic E-state index is 13.2. The molecule has 0 radical (unpaired) electrons. The molecule has 0 bridgehead atoms. The van der Waals surface area contributed by atoms with Gasteiger partial charge in [-0.1, -0.05) is 0 Å². The zero-order valence-electron chi connectivity index (χ0n) is 10.6. The largest absolute Gasteiger partial charge is 0.371 e. The second-order valence-electron chi connectivity index (χ2n) is 5.51. The van der Waals surface area contributed by atoms with Crippen LogP contribution in [0.5, 0.6) is 0 Å². The lowest BCUT2D eigenvalue weighted by atomic mass is 10.1. The molecule has 1 aliphatic heterocycles. The summed E-state index contributed by atoms with van der Waals surface area (Å²) >= 11 is 0. The molecule has 0 spiro atoms. The van der Waals surface area contributed by atoms with Gasteiger partial charge in [0.1, 0.15) is 0 Å². The van der Waals surface area contributed by atoms with Gasteiger partial charge in [0.15, 0.2) is 17.5 Å². The Morgan fingerprint density at radius 2 is 1.79 bits per heavy atom. The first-order valence-electron chi connectivity index (χ1n) is 6.76. The van der Waals surface area contributed by atoms with Gasteiger partial charge in [-0.3, -0.25) is 0 Å². The van der Waals surface area contributed by atoms with Crippen LogP contribution in [0.15, 0.2) is 12.1 Å². The summed E-state index contributed by atoms with van der Waals surface area (Å²) in [6, 6.07) is 2.83. The van der Waals surface area contributed by atoms with E-state index in [4.69, 9.17) is 0 Å². The summed E-state index contributed by atoms with van der Waals surface area (Å²) in [5, 5.41) is 3.47. The summed E-state index contributed by atoms with van der Waals surface area (Å²) in [4.78, 5) is 1.92. The minimum absolute atomic E-state index is 0.435. The van der Waals surface area contributed by atoms with E-state index in [-0.39, 0.29) is 0 Å². The van der Waals surface area contributed by atoms with E-state index in [0.29, 0.717) is 17.6 Å². The first kappa shape index (κ1) is 12.8. The van der Waals surface area contributed by atoms with Gasteiger partial charge in [0.25, 0.3) is 0 Å². The molecular weight excluding hydrogens is 253 g/mol. The monoisotopic (exact) mass is 270 g/mol. The van der Waals surface area contributed by atoms with Gasteiger partial charge in [0.05, 0.1) is 0 Å². The second kappa shape index (κ2) is 5.04. The summed E-state index contributed by atoms with van der Waals surface area (Å²) in [5.41, 5.74) is 0.435. The van der Waals surface area contributed by atoms with Gasteiger partial charge in [0, 0.05) is 37.0 Å². The van der Waals surface area contributed by atoms with Crippen LogP contribution < -0.4 is 10.2 Å². The molecule has 1 aromatic rings. The third kappa shape index (κ3) is 2.86. The van der Waals surface area contributed by atoms with Crippen molar-refractivity contribution in [1.29, 1.82) is 0 Å². The topological polar surface area (TPSA) is 15.3 Å². The Morgan fingerprint density at radius 1 is 1.11 bits per heavy atom. The van der Waals surface area contributed by atoms with Crippen LogP contribution in [0.25, 0.3) is 0 Å². The van der Waals surface area contributed by atoms with E-state index in [1.54, 1.807) is 0 Å². The molecule has 19 heavy (non-hydrogen) atoms. The lowest BCUT2D eigenvalue weighted by Crippen LogP contribution is -2.27. The van der Waals surface area contributed by atoms with E-state index in [0.717, 1.165) is 38.2 Å². The third-order valence-corrected chi connectivity index (χ3v) is 3.89. The van der Waals surface area contributed by atoms with E-state index >= 15 is 0 Å². The maximum Gasteiger partial charge on any atom is 0.194 e. The van der Waals surface area contributed by atoms with Crippen molar-refractivity contribution in [2.45, 2.75) is 25.3 Å². The van der Waals surface area contributed by atoms with E-state index < -0.39 is 17.5 Å². The Balaban J connectivity index is 1.63. The number of hydrogen-bond donors (Lipinski definition) is 1. The molecular formula is C14H17F3N2. The molecule has 2 aliphatic rings. The van der Waals surface area contributed by atoms with Gasteiger partial charge in [0.2, 0.25) is 0 Å². The van der Waals surface area contributed by atoms with Crippen molar-refractivity contribution in [2.75, 3.05) is 24.5 Å². The molecule has 0 aromatic heterocycles. The van der Waals surface area contributed by atoms with E-state index in [1.807, 2.05) is 4.90 Å². The normalized spacial score (nSPS) is 23.1. The highest BCUT2D eigenvalue weighted by Crippen LogP contribution is 2.27. The van der Waals surface area contributed by atoms with Crippen molar-refractivity contribution in [3.8, 4) is 0 Å². The molecule has 0 amide bonds. The molecule has 104 valence electrons. The molecule has 1 aromatic carbocycles. The van der Waals surface area contributed by atoms with Crippen LogP contribution in [0, 0.1) is 23.4 Å². The Morgan fingerprint density at radius 3 is 2.42 bits per heavy atom. The fourth-order valence-electron chi connectivity index (χ4n) is 2.58. The number of anilines is 1. The minimum Gasteiger partial charge on any atom is -0.371 e. The Kier molecular flexibility index (Phi) is 3.39. The summed E-state index contributed by atoms with van der Waals surface area (Å²) < 4.78 is 39.3. The van der Waals surface area contributed by atoms with E-state index in [9.17, 15) is 13.2 Å². The highest BCUT2D eigenvalue weighted by atomic mass is 19.2. The van der Waals surface area contributed by atoms with Crippen molar-refractivity contribution < 1.29 is 13.2 Å². The molecule has 2 fully saturated rings. The summed E-state index contributed by atoms with van der Waals surface area (Å²) in [6.45, 7) is 2.49. The van der Waals surface area contributed by atoms with Crippen molar-refractivity contribution in [1.82, 2.24) is 5.32 Å². The predicted octanol–water partition coefficient (Wildman–Crippen LogP) is 2.68. The quantitative estimate of drug-likeness (QED) is 0.846. The number of halogens is 3. The van der Waals surface area contributed by atoms with Crippen LogP contribution in [0.4, 0.5) is 18.9 Å². The highest BCUT2D eigenvalue weighted by molar-refractivity contribution is 5.48. The molecule has 3 rings (SSSR count). The summed E-state index contributed by atoms with van der Waals surface area (Å²) in [6.07, 6.45) is 3.51. The molecule has 1 N–H and O–H groups in total. The van der Waals surface area contributed by atoms with Crippen LogP contribution in [0.2, 0.25) is 0 Å². The summed E-state index contributed by atoms with van der Waals surface area (Å²) in [7, 11) is 0. The lowest BCUT2D eigenvalue weighted by Gasteiger charge is -2.19. The van der Waals surface area contributed by atoms with Gasteiger partial charge >= 0.3 is 0 Å². The molecule has 1 unspecified atom stereocenters. The number of hydrogen-bond acceptors (Lipinski definition) is 2. The first-order valence-corrected chi connectivity index (χ1v) is 6.76. The molecule has 1 atom stereocenters. The molecule has 2 nitrogen and oxygen atoms in total. The van der Waals surface area contributed by atoms with E-state index in [2.05, 4.69) is 5.32 Å². The second-order valence-corrected chi connectivity index (χ2v) is 5.51. The highest BCUT2D eigenvalue weighted by Gasteiger charge is 2.27. The smallest absolute Gasteiger partial charge is 0.194 e. The zero-order valence-corrected chi connectivity index (χ0v) is 10.6. The predicted molar refractivity (Wildman–Crippen MR) is 67.7 cm³/mol. The van der Waals surface area contributed by atoms with Crippen molar-refractivity contribution >= 4 is 5.69 Å². The fraction of sp³-hybridized carbons (Fsp3) is 0.571. The SMILES string of the molecule is Fc1cc(N2CCC(CNC3CC3)C2)cc(F)c1F. The van der Waals surface area contributed by atoms with Crippen molar-refractivity contribution in [3.63, 3.8) is 0 Å². The maximum atomic E-state index is 13.2. The van der Waals surface area contributed by atoms with Gasteiger partial charge < -0.3 is 10.2 Å². The third-order valence-electron chi connectivity index (χ3n) is 3.89. The van der Waals surface area contributed by atoms with Crippen LogP contribution >= 0.6 is 0 Å². The lowest BCUT2D eigenvalue weighted by molar-refractivity contribution is 0.447. The Bertz CT molecular complexity index is 451. The summed E-state index contributed by atoms with van der Waals surface area (Å²) in [5.74, 6) is -3.13. The van der Waals surface area contributed by atoms with Gasteiger partial charge in [-0.05, 0) is 31.7 Å². The number of rotatable bonds is 4. The van der Waals surface area contributed by atoms with Crippen LogP contribution in [0.1, 0.15) is 19.3 Å². The van der Waals surface area contributed by atoms with Crippen molar-refractivity contribution in [2.24, 2.45) is 5.92 Å².